The number of nitrogens with zero attached hydrogens (tertiary/aromatic N) is 2. The van der Waals surface area contributed by atoms with Crippen LogP contribution in [-0.2, 0) is 13.1 Å². The van der Waals surface area contributed by atoms with Gasteiger partial charge in [0.2, 0.25) is 0 Å². The Hall–Kier alpha value is -2.81. The van der Waals surface area contributed by atoms with Crippen molar-refractivity contribution in [2.75, 3.05) is 26.7 Å². The Morgan fingerprint density at radius 3 is 2.44 bits per heavy atom. The topological polar surface area (TPSA) is 44.8 Å². The Labute approximate surface area is 185 Å². The second-order valence-corrected chi connectivity index (χ2v) is 7.96. The van der Waals surface area contributed by atoms with E-state index in [9.17, 15) is 22.4 Å². The van der Waals surface area contributed by atoms with Crippen LogP contribution < -0.4 is 10.1 Å². The fraction of sp³-hybridized carbons (Fsp3) is 0.435. The summed E-state index contributed by atoms with van der Waals surface area (Å²) in [5.74, 6) is -1.12. The molecule has 32 heavy (non-hydrogen) atoms. The lowest BCUT2D eigenvalue weighted by Gasteiger charge is -2.32. The number of carbonyl (C=O) groups excluding carboxylic acids is 1. The van der Waals surface area contributed by atoms with Gasteiger partial charge in [0, 0.05) is 24.2 Å². The Morgan fingerprint density at radius 1 is 1.12 bits per heavy atom. The van der Waals surface area contributed by atoms with E-state index in [1.54, 1.807) is 24.3 Å². The number of benzene rings is 2. The highest BCUT2D eigenvalue weighted by Crippen LogP contribution is 2.18. The molecule has 0 unspecified atom stereocenters. The molecular weight excluding hydrogens is 426 g/mol. The molecule has 2 amide bonds. The maximum Gasteiger partial charge on any atom is 0.318 e. The number of piperidine rings is 1. The van der Waals surface area contributed by atoms with Gasteiger partial charge in [0.1, 0.15) is 24.0 Å². The molecule has 2 aromatic rings. The average Bonchev–Trinajstić information content (AvgIpc) is 2.76. The van der Waals surface area contributed by atoms with Crippen molar-refractivity contribution in [3.05, 3.63) is 65.2 Å². The maximum absolute atomic E-state index is 14.2. The molecule has 0 aliphatic carbocycles. The van der Waals surface area contributed by atoms with Gasteiger partial charge in [-0.2, -0.15) is 0 Å². The molecule has 2 aromatic carbocycles. The number of likely N-dealkylation sites (tertiary alicyclic amines) is 1. The zero-order chi connectivity index (χ0) is 23.1. The van der Waals surface area contributed by atoms with E-state index in [1.807, 2.05) is 7.05 Å². The van der Waals surface area contributed by atoms with Crippen LogP contribution in [0.4, 0.5) is 22.4 Å². The van der Waals surface area contributed by atoms with Crippen molar-refractivity contribution in [3.63, 3.8) is 0 Å². The van der Waals surface area contributed by atoms with Crippen molar-refractivity contribution in [2.45, 2.75) is 38.4 Å². The highest BCUT2D eigenvalue weighted by atomic mass is 19.3. The molecule has 0 atom stereocenters. The van der Waals surface area contributed by atoms with Crippen LogP contribution in [0.15, 0.2) is 42.5 Å². The quantitative estimate of drug-likeness (QED) is 0.602. The summed E-state index contributed by atoms with van der Waals surface area (Å²) in [4.78, 5) is 16.7. The molecule has 1 fully saturated rings. The van der Waals surface area contributed by atoms with Crippen LogP contribution in [-0.4, -0.2) is 55.0 Å². The maximum atomic E-state index is 14.2. The molecule has 1 aliphatic heterocycles. The van der Waals surface area contributed by atoms with Crippen LogP contribution in [0, 0.1) is 11.6 Å². The molecule has 0 aromatic heterocycles. The number of alkyl halides is 2. The van der Waals surface area contributed by atoms with Gasteiger partial charge in [0.25, 0.3) is 6.43 Å². The van der Waals surface area contributed by atoms with Crippen molar-refractivity contribution >= 4 is 6.03 Å². The standard InChI is InChI=1S/C23H27F4N3O2/c1-29-10-8-19(9-11-29)28-23(31)30(14-17-4-5-18(24)12-21(17)25)13-16-2-6-20(7-3-16)32-15-22(26)27/h2-7,12,19,22H,8-11,13-15H2,1H3,(H,28,31). The van der Waals surface area contributed by atoms with Gasteiger partial charge in [-0.15, -0.1) is 0 Å². The minimum Gasteiger partial charge on any atom is -0.488 e. The summed E-state index contributed by atoms with van der Waals surface area (Å²) in [6.07, 6.45) is -0.937. The summed E-state index contributed by atoms with van der Waals surface area (Å²) < 4.78 is 57.1. The monoisotopic (exact) mass is 453 g/mol. The van der Waals surface area contributed by atoms with Crippen LogP contribution in [0.1, 0.15) is 24.0 Å². The number of hydrogen-bond acceptors (Lipinski definition) is 3. The summed E-state index contributed by atoms with van der Waals surface area (Å²) in [5.41, 5.74) is 0.914. The first-order valence-electron chi connectivity index (χ1n) is 10.5. The van der Waals surface area contributed by atoms with Crippen molar-refractivity contribution in [3.8, 4) is 5.75 Å². The predicted molar refractivity (Wildman–Crippen MR) is 113 cm³/mol. The molecule has 0 saturated carbocycles. The van der Waals surface area contributed by atoms with Gasteiger partial charge in [-0.25, -0.2) is 22.4 Å². The fourth-order valence-corrected chi connectivity index (χ4v) is 3.54. The van der Waals surface area contributed by atoms with Crippen molar-refractivity contribution in [2.24, 2.45) is 0 Å². The zero-order valence-corrected chi connectivity index (χ0v) is 17.9. The number of halogens is 4. The zero-order valence-electron chi connectivity index (χ0n) is 17.9. The first-order chi connectivity index (χ1) is 15.3. The van der Waals surface area contributed by atoms with Gasteiger partial charge < -0.3 is 19.9 Å². The highest BCUT2D eigenvalue weighted by molar-refractivity contribution is 5.74. The van der Waals surface area contributed by atoms with Gasteiger partial charge in [0.05, 0.1) is 6.54 Å². The minimum absolute atomic E-state index is 0.0180. The fourth-order valence-electron chi connectivity index (χ4n) is 3.54. The number of hydrogen-bond donors (Lipinski definition) is 1. The molecule has 0 bridgehead atoms. The first kappa shape index (κ1) is 23.8. The Kier molecular flexibility index (Phi) is 8.33. The lowest BCUT2D eigenvalue weighted by atomic mass is 10.1. The molecule has 1 saturated heterocycles. The van der Waals surface area contributed by atoms with Crippen molar-refractivity contribution in [1.82, 2.24) is 15.1 Å². The van der Waals surface area contributed by atoms with E-state index in [-0.39, 0.29) is 30.7 Å². The second-order valence-electron chi connectivity index (χ2n) is 7.96. The molecule has 1 heterocycles. The summed E-state index contributed by atoms with van der Waals surface area (Å²) in [6.45, 7) is 1.15. The predicted octanol–water partition coefficient (Wildman–Crippen LogP) is 4.41. The van der Waals surface area contributed by atoms with E-state index < -0.39 is 24.7 Å². The van der Waals surface area contributed by atoms with Crippen LogP contribution in [0.2, 0.25) is 0 Å². The van der Waals surface area contributed by atoms with Gasteiger partial charge in [-0.1, -0.05) is 18.2 Å². The van der Waals surface area contributed by atoms with Crippen LogP contribution in [0.5, 0.6) is 5.75 Å². The van der Waals surface area contributed by atoms with E-state index in [4.69, 9.17) is 4.74 Å². The Bertz CT molecular complexity index is 887. The van der Waals surface area contributed by atoms with Gasteiger partial charge in [-0.05, 0) is 56.7 Å². The molecular formula is C23H27F4N3O2. The van der Waals surface area contributed by atoms with E-state index in [0.29, 0.717) is 5.75 Å². The normalized spacial score (nSPS) is 15.1. The molecule has 0 radical (unpaired) electrons. The first-order valence-corrected chi connectivity index (χ1v) is 10.5. The smallest absolute Gasteiger partial charge is 0.318 e. The number of carbonyl (C=O) groups is 1. The third-order valence-electron chi connectivity index (χ3n) is 5.38. The number of nitrogens with one attached hydrogen (secondary N) is 1. The summed E-state index contributed by atoms with van der Waals surface area (Å²) in [6, 6.07) is 9.35. The Balaban J connectivity index is 1.71. The van der Waals surface area contributed by atoms with Gasteiger partial charge in [-0.3, -0.25) is 0 Å². The lowest BCUT2D eigenvalue weighted by Crippen LogP contribution is -2.48. The molecule has 1 N–H and O–H groups in total. The van der Waals surface area contributed by atoms with E-state index in [2.05, 4.69) is 10.2 Å². The van der Waals surface area contributed by atoms with Gasteiger partial charge in [0.15, 0.2) is 0 Å². The summed E-state index contributed by atoms with van der Waals surface area (Å²) in [5, 5.41) is 3.01. The molecule has 5 nitrogen and oxygen atoms in total. The number of rotatable bonds is 8. The molecule has 3 rings (SSSR count). The SMILES string of the molecule is CN1CCC(NC(=O)N(Cc2ccc(OCC(F)F)cc2)Cc2ccc(F)cc2F)CC1. The van der Waals surface area contributed by atoms with E-state index in [1.165, 1.54) is 11.0 Å². The summed E-state index contributed by atoms with van der Waals surface area (Å²) in [7, 11) is 2.02. The van der Waals surface area contributed by atoms with E-state index in [0.717, 1.165) is 43.6 Å². The molecule has 9 heteroatoms. The van der Waals surface area contributed by atoms with Crippen molar-refractivity contribution in [1.29, 1.82) is 0 Å². The Morgan fingerprint density at radius 2 is 1.81 bits per heavy atom. The molecule has 174 valence electrons. The van der Waals surface area contributed by atoms with Crippen LogP contribution in [0.25, 0.3) is 0 Å². The summed E-state index contributed by atoms with van der Waals surface area (Å²) >= 11 is 0. The average molecular weight is 453 g/mol. The van der Waals surface area contributed by atoms with Crippen LogP contribution in [0.3, 0.4) is 0 Å². The highest BCUT2D eigenvalue weighted by Gasteiger charge is 2.23. The molecule has 0 spiro atoms. The third kappa shape index (κ3) is 7.12. The van der Waals surface area contributed by atoms with E-state index >= 15 is 0 Å². The number of ether oxygens (including phenoxy) is 1. The van der Waals surface area contributed by atoms with Gasteiger partial charge >= 0.3 is 6.03 Å². The largest absolute Gasteiger partial charge is 0.488 e. The number of amides is 2. The van der Waals surface area contributed by atoms with Crippen LogP contribution >= 0.6 is 0 Å². The minimum atomic E-state index is -2.57. The second kappa shape index (κ2) is 11.2. The number of urea groups is 1. The van der Waals surface area contributed by atoms with Crippen molar-refractivity contribution < 1.29 is 27.1 Å². The lowest BCUT2D eigenvalue weighted by molar-refractivity contribution is 0.0819. The molecule has 1 aliphatic rings. The third-order valence-corrected chi connectivity index (χ3v) is 5.38.